The Morgan fingerprint density at radius 1 is 1.38 bits per heavy atom. The minimum atomic E-state index is -3.26. The molecule has 1 aromatic heterocycles. The van der Waals surface area contributed by atoms with E-state index < -0.39 is 14.6 Å². The summed E-state index contributed by atoms with van der Waals surface area (Å²) in [6.45, 7) is 7.01. The van der Waals surface area contributed by atoms with Crippen molar-refractivity contribution >= 4 is 15.8 Å². The van der Waals surface area contributed by atoms with Crippen molar-refractivity contribution in [1.82, 2.24) is 15.2 Å². The average molecular weight is 315 g/mol. The minimum absolute atomic E-state index is 0.207. The summed E-state index contributed by atoms with van der Waals surface area (Å²) >= 11 is 0. The van der Waals surface area contributed by atoms with Crippen LogP contribution in [0.5, 0.6) is 0 Å². The Morgan fingerprint density at radius 3 is 2.43 bits per heavy atom. The third-order valence-electron chi connectivity index (χ3n) is 4.54. The molecule has 0 saturated carbocycles. The Hall–Kier alpha value is -1.15. The first-order chi connectivity index (χ1) is 9.63. The number of sulfone groups is 1. The molecular weight excluding hydrogens is 290 g/mol. The molecule has 1 saturated heterocycles. The van der Waals surface area contributed by atoms with Crippen molar-refractivity contribution in [2.24, 2.45) is 11.7 Å². The van der Waals surface area contributed by atoms with E-state index in [9.17, 15) is 8.42 Å². The minimum Gasteiger partial charge on any atom is -0.340 e. The van der Waals surface area contributed by atoms with Gasteiger partial charge in [0.05, 0.1) is 0 Å². The van der Waals surface area contributed by atoms with Crippen LogP contribution < -0.4 is 10.6 Å². The Balaban J connectivity index is 2.12. The van der Waals surface area contributed by atoms with Crippen LogP contribution in [0.15, 0.2) is 0 Å². The quantitative estimate of drug-likeness (QED) is 0.845. The Kier molecular flexibility index (Phi) is 4.30. The second-order valence-electron chi connectivity index (χ2n) is 6.45. The summed E-state index contributed by atoms with van der Waals surface area (Å²) in [6.07, 6.45) is 3.23. The van der Waals surface area contributed by atoms with Gasteiger partial charge in [-0.15, -0.1) is 5.10 Å². The lowest BCUT2D eigenvalue weighted by Crippen LogP contribution is -2.40. The zero-order valence-electron chi connectivity index (χ0n) is 13.1. The molecule has 0 amide bonds. The number of aromatic nitrogens is 3. The summed E-state index contributed by atoms with van der Waals surface area (Å²) in [5, 5.41) is 6.96. The van der Waals surface area contributed by atoms with Gasteiger partial charge in [-0.25, -0.2) is 8.42 Å². The van der Waals surface area contributed by atoms with Gasteiger partial charge in [0.1, 0.15) is 10.6 Å². The number of nitrogens with zero attached hydrogens (tertiary/aromatic N) is 3. The fourth-order valence-corrected chi connectivity index (χ4v) is 2.91. The number of aromatic amines is 1. The zero-order valence-corrected chi connectivity index (χ0v) is 13.9. The van der Waals surface area contributed by atoms with E-state index >= 15 is 0 Å². The van der Waals surface area contributed by atoms with E-state index in [1.54, 1.807) is 13.8 Å². The van der Waals surface area contributed by atoms with E-state index in [1.165, 1.54) is 6.26 Å². The van der Waals surface area contributed by atoms with Crippen molar-refractivity contribution < 1.29 is 8.42 Å². The topological polar surface area (TPSA) is 105 Å². The van der Waals surface area contributed by atoms with Gasteiger partial charge in [0.2, 0.25) is 5.95 Å². The predicted molar refractivity (Wildman–Crippen MR) is 82.8 cm³/mol. The highest BCUT2D eigenvalue weighted by molar-refractivity contribution is 7.91. The lowest BCUT2D eigenvalue weighted by atomic mass is 9.91. The molecule has 0 aromatic carbocycles. The molecule has 0 bridgehead atoms. The molecule has 1 aliphatic heterocycles. The maximum Gasteiger partial charge on any atom is 0.244 e. The number of nitrogens with one attached hydrogen (secondary N) is 1. The molecule has 0 aliphatic carbocycles. The average Bonchev–Trinajstić information content (AvgIpc) is 2.87. The van der Waals surface area contributed by atoms with Gasteiger partial charge in [0.25, 0.3) is 0 Å². The molecule has 1 unspecified atom stereocenters. The van der Waals surface area contributed by atoms with Gasteiger partial charge >= 0.3 is 0 Å². The molecule has 21 heavy (non-hydrogen) atoms. The highest BCUT2D eigenvalue weighted by atomic mass is 32.2. The third-order valence-corrected chi connectivity index (χ3v) is 6.58. The second-order valence-corrected chi connectivity index (χ2v) is 9.02. The van der Waals surface area contributed by atoms with Crippen LogP contribution in [0.4, 0.5) is 5.95 Å². The number of rotatable bonds is 4. The molecule has 1 aliphatic rings. The van der Waals surface area contributed by atoms with Crippen LogP contribution in [-0.4, -0.2) is 49.0 Å². The first-order valence-electron chi connectivity index (χ1n) is 7.26. The number of nitrogens with two attached hydrogens (primary N) is 1. The van der Waals surface area contributed by atoms with Crippen molar-refractivity contribution in [2.75, 3.05) is 24.2 Å². The normalized spacial score (nSPS) is 19.8. The molecular formula is C13H25N5O2S. The van der Waals surface area contributed by atoms with E-state index in [2.05, 4.69) is 20.1 Å². The first-order valence-corrected chi connectivity index (χ1v) is 9.15. The van der Waals surface area contributed by atoms with Crippen molar-refractivity contribution in [2.45, 2.75) is 44.4 Å². The SMILES string of the molecule is CC(N)C1CCN(c2n[nH]c(C(C)(C)S(C)(=O)=O)n2)CC1. The number of anilines is 1. The van der Waals surface area contributed by atoms with E-state index in [1.807, 2.05) is 6.92 Å². The van der Waals surface area contributed by atoms with Crippen LogP contribution >= 0.6 is 0 Å². The zero-order chi connectivity index (χ0) is 15.8. The van der Waals surface area contributed by atoms with Crippen LogP contribution in [0.3, 0.4) is 0 Å². The monoisotopic (exact) mass is 315 g/mol. The highest BCUT2D eigenvalue weighted by Gasteiger charge is 2.36. The van der Waals surface area contributed by atoms with Crippen molar-refractivity contribution in [1.29, 1.82) is 0 Å². The molecule has 1 aromatic rings. The molecule has 2 rings (SSSR count). The van der Waals surface area contributed by atoms with Gasteiger partial charge in [-0.2, -0.15) is 4.98 Å². The standard InChI is InChI=1S/C13H25N5O2S/c1-9(14)10-5-7-18(8-6-10)12-15-11(16-17-12)13(2,3)21(4,19)20/h9-10H,5-8,14H2,1-4H3,(H,15,16,17). The van der Waals surface area contributed by atoms with Crippen LogP contribution in [0, 0.1) is 5.92 Å². The molecule has 0 radical (unpaired) electrons. The van der Waals surface area contributed by atoms with Gasteiger partial charge in [0, 0.05) is 25.4 Å². The summed E-state index contributed by atoms with van der Waals surface area (Å²) in [5.41, 5.74) is 5.94. The van der Waals surface area contributed by atoms with Gasteiger partial charge in [-0.3, -0.25) is 5.10 Å². The molecule has 1 atom stereocenters. The van der Waals surface area contributed by atoms with Crippen molar-refractivity contribution in [3.8, 4) is 0 Å². The van der Waals surface area contributed by atoms with Crippen LogP contribution in [0.25, 0.3) is 0 Å². The lowest BCUT2D eigenvalue weighted by Gasteiger charge is -2.33. The van der Waals surface area contributed by atoms with Crippen LogP contribution in [0.1, 0.15) is 39.4 Å². The maximum atomic E-state index is 11.8. The number of hydrogen-bond donors (Lipinski definition) is 2. The van der Waals surface area contributed by atoms with E-state index in [4.69, 9.17) is 5.73 Å². The molecule has 0 spiro atoms. The van der Waals surface area contributed by atoms with E-state index in [0.29, 0.717) is 17.7 Å². The summed E-state index contributed by atoms with van der Waals surface area (Å²) < 4.78 is 22.6. The van der Waals surface area contributed by atoms with Gasteiger partial charge in [-0.05, 0) is 39.5 Å². The van der Waals surface area contributed by atoms with Gasteiger partial charge in [-0.1, -0.05) is 0 Å². The summed E-state index contributed by atoms with van der Waals surface area (Å²) in [4.78, 5) is 6.47. The largest absolute Gasteiger partial charge is 0.340 e. The lowest BCUT2D eigenvalue weighted by molar-refractivity contribution is 0.352. The van der Waals surface area contributed by atoms with E-state index in [-0.39, 0.29) is 6.04 Å². The number of hydrogen-bond acceptors (Lipinski definition) is 6. The Labute approximate surface area is 126 Å². The fourth-order valence-electron chi connectivity index (χ4n) is 2.46. The molecule has 8 heteroatoms. The molecule has 2 heterocycles. The maximum absolute atomic E-state index is 11.8. The highest BCUT2D eigenvalue weighted by Crippen LogP contribution is 2.28. The summed E-state index contributed by atoms with van der Waals surface area (Å²) in [5.74, 6) is 1.49. The van der Waals surface area contributed by atoms with Crippen molar-refractivity contribution in [3.63, 3.8) is 0 Å². The van der Waals surface area contributed by atoms with Crippen molar-refractivity contribution in [3.05, 3.63) is 5.82 Å². The van der Waals surface area contributed by atoms with Gasteiger partial charge in [0.15, 0.2) is 9.84 Å². The molecule has 7 nitrogen and oxygen atoms in total. The fraction of sp³-hybridized carbons (Fsp3) is 0.846. The van der Waals surface area contributed by atoms with Crippen LogP contribution in [0.2, 0.25) is 0 Å². The second kappa shape index (κ2) is 5.57. The predicted octanol–water partition coefficient (Wildman–Crippen LogP) is 0.648. The number of H-pyrrole nitrogens is 1. The molecule has 3 N–H and O–H groups in total. The molecule has 120 valence electrons. The Morgan fingerprint density at radius 2 is 1.95 bits per heavy atom. The first kappa shape index (κ1) is 16.2. The van der Waals surface area contributed by atoms with Gasteiger partial charge < -0.3 is 10.6 Å². The van der Waals surface area contributed by atoms with E-state index in [0.717, 1.165) is 25.9 Å². The smallest absolute Gasteiger partial charge is 0.244 e. The van der Waals surface area contributed by atoms with Crippen LogP contribution in [-0.2, 0) is 14.6 Å². The summed E-state index contributed by atoms with van der Waals surface area (Å²) in [6, 6.07) is 0.207. The number of piperidine rings is 1. The molecule has 1 fully saturated rings. The third kappa shape index (κ3) is 3.21. The summed E-state index contributed by atoms with van der Waals surface area (Å²) in [7, 11) is -3.26. The Bertz CT molecular complexity index is 585.